The second kappa shape index (κ2) is 3.65. The van der Waals surface area contributed by atoms with E-state index >= 15 is 0 Å². The van der Waals surface area contributed by atoms with Crippen molar-refractivity contribution < 1.29 is 4.92 Å². The molecular weight excluding hydrogens is 190 g/mol. The molecule has 0 amide bonds. The summed E-state index contributed by atoms with van der Waals surface area (Å²) in [6.45, 7) is 10.2. The minimum absolute atomic E-state index is 0.0310. The predicted octanol–water partition coefficient (Wildman–Crippen LogP) is 3.51. The molecular formula is C12H17NO2. The van der Waals surface area contributed by atoms with Crippen molar-refractivity contribution in [2.45, 2.75) is 40.0 Å². The van der Waals surface area contributed by atoms with Gasteiger partial charge in [0.15, 0.2) is 0 Å². The fourth-order valence-electron chi connectivity index (χ4n) is 2.23. The van der Waals surface area contributed by atoms with E-state index in [1.54, 1.807) is 12.1 Å². The fourth-order valence-corrected chi connectivity index (χ4v) is 2.23. The molecule has 0 aliphatic rings. The average molecular weight is 207 g/mol. The molecule has 0 spiro atoms. The molecule has 3 nitrogen and oxygen atoms in total. The standard InChI is InChI=1S/C12H17NO2/c1-8-6-10(13(14)15)7-9(2)11(8)12(3,4)5/h6-7H,1-5H3. The van der Waals surface area contributed by atoms with Gasteiger partial charge in [0.2, 0.25) is 0 Å². The van der Waals surface area contributed by atoms with E-state index < -0.39 is 0 Å². The van der Waals surface area contributed by atoms with Gasteiger partial charge in [-0.15, -0.1) is 0 Å². The van der Waals surface area contributed by atoms with E-state index in [0.29, 0.717) is 0 Å². The number of hydrogen-bond acceptors (Lipinski definition) is 2. The number of nitrogens with zero attached hydrogens (tertiary/aromatic N) is 1. The van der Waals surface area contributed by atoms with Gasteiger partial charge in [-0.1, -0.05) is 20.8 Å². The second-order valence-electron chi connectivity index (χ2n) is 4.96. The van der Waals surface area contributed by atoms with E-state index in [2.05, 4.69) is 20.8 Å². The zero-order valence-corrected chi connectivity index (χ0v) is 9.92. The van der Waals surface area contributed by atoms with E-state index in [4.69, 9.17) is 0 Å². The van der Waals surface area contributed by atoms with Crippen LogP contribution in [0.4, 0.5) is 5.69 Å². The molecule has 0 aliphatic carbocycles. The van der Waals surface area contributed by atoms with Gasteiger partial charge in [0.25, 0.3) is 5.69 Å². The Bertz CT molecular complexity index is 380. The maximum atomic E-state index is 10.7. The first-order chi connectivity index (χ1) is 6.73. The lowest BCUT2D eigenvalue weighted by molar-refractivity contribution is -0.385. The Balaban J connectivity index is 3.41. The van der Waals surface area contributed by atoms with Crippen molar-refractivity contribution in [1.82, 2.24) is 0 Å². The van der Waals surface area contributed by atoms with Crippen molar-refractivity contribution in [3.63, 3.8) is 0 Å². The Morgan fingerprint density at radius 3 is 1.80 bits per heavy atom. The van der Waals surface area contributed by atoms with Crippen molar-refractivity contribution in [1.29, 1.82) is 0 Å². The van der Waals surface area contributed by atoms with Crippen molar-refractivity contribution in [2.24, 2.45) is 0 Å². The summed E-state index contributed by atoms with van der Waals surface area (Å²) in [5, 5.41) is 10.7. The van der Waals surface area contributed by atoms with Crippen LogP contribution in [-0.4, -0.2) is 4.92 Å². The van der Waals surface area contributed by atoms with Crippen LogP contribution in [0.1, 0.15) is 37.5 Å². The maximum absolute atomic E-state index is 10.7. The third-order valence-corrected chi connectivity index (χ3v) is 2.48. The minimum atomic E-state index is -0.341. The normalized spacial score (nSPS) is 11.5. The van der Waals surface area contributed by atoms with Gasteiger partial charge < -0.3 is 0 Å². The monoisotopic (exact) mass is 207 g/mol. The SMILES string of the molecule is Cc1cc([N+](=O)[O-])cc(C)c1C(C)(C)C. The summed E-state index contributed by atoms with van der Waals surface area (Å²) in [6, 6.07) is 3.29. The lowest BCUT2D eigenvalue weighted by atomic mass is 9.81. The number of rotatable bonds is 1. The molecule has 0 unspecified atom stereocenters. The van der Waals surface area contributed by atoms with Crippen molar-refractivity contribution >= 4 is 5.69 Å². The van der Waals surface area contributed by atoms with Crippen molar-refractivity contribution in [3.8, 4) is 0 Å². The van der Waals surface area contributed by atoms with Crippen LogP contribution >= 0.6 is 0 Å². The molecule has 0 saturated heterocycles. The van der Waals surface area contributed by atoms with Crippen LogP contribution < -0.4 is 0 Å². The van der Waals surface area contributed by atoms with Crippen LogP contribution in [0.25, 0.3) is 0 Å². The third-order valence-electron chi connectivity index (χ3n) is 2.48. The summed E-state index contributed by atoms with van der Waals surface area (Å²) in [7, 11) is 0. The molecule has 0 saturated carbocycles. The number of aryl methyl sites for hydroxylation is 2. The van der Waals surface area contributed by atoms with Gasteiger partial charge >= 0.3 is 0 Å². The summed E-state index contributed by atoms with van der Waals surface area (Å²) < 4.78 is 0. The summed E-state index contributed by atoms with van der Waals surface area (Å²) in [5.74, 6) is 0. The molecule has 82 valence electrons. The summed E-state index contributed by atoms with van der Waals surface area (Å²) in [6.07, 6.45) is 0. The van der Waals surface area contributed by atoms with Crippen LogP contribution in [0.2, 0.25) is 0 Å². The Hall–Kier alpha value is -1.38. The highest BCUT2D eigenvalue weighted by Gasteiger charge is 2.21. The highest BCUT2D eigenvalue weighted by Crippen LogP contribution is 2.31. The summed E-state index contributed by atoms with van der Waals surface area (Å²) in [5.41, 5.74) is 3.40. The third kappa shape index (κ3) is 2.35. The second-order valence-corrected chi connectivity index (χ2v) is 4.96. The Labute approximate surface area is 90.3 Å². The van der Waals surface area contributed by atoms with E-state index in [9.17, 15) is 10.1 Å². The Morgan fingerprint density at radius 2 is 1.53 bits per heavy atom. The quantitative estimate of drug-likeness (QED) is 0.522. The Kier molecular flexibility index (Phi) is 2.84. The number of nitro groups is 1. The Morgan fingerprint density at radius 1 is 1.13 bits per heavy atom. The lowest BCUT2D eigenvalue weighted by Gasteiger charge is -2.23. The highest BCUT2D eigenvalue weighted by molar-refractivity contribution is 5.47. The lowest BCUT2D eigenvalue weighted by Crippen LogP contribution is -2.15. The van der Waals surface area contributed by atoms with Gasteiger partial charge in [0, 0.05) is 12.1 Å². The largest absolute Gasteiger partial charge is 0.269 e. The molecule has 3 heteroatoms. The first-order valence-corrected chi connectivity index (χ1v) is 4.99. The molecule has 0 bridgehead atoms. The van der Waals surface area contributed by atoms with Crippen LogP contribution in [0, 0.1) is 24.0 Å². The van der Waals surface area contributed by atoms with Crippen LogP contribution in [-0.2, 0) is 5.41 Å². The molecule has 15 heavy (non-hydrogen) atoms. The molecule has 0 aliphatic heterocycles. The molecule has 0 fully saturated rings. The smallest absolute Gasteiger partial charge is 0.258 e. The molecule has 1 aromatic rings. The number of benzene rings is 1. The van der Waals surface area contributed by atoms with Crippen LogP contribution in [0.3, 0.4) is 0 Å². The van der Waals surface area contributed by atoms with Crippen LogP contribution in [0.5, 0.6) is 0 Å². The van der Waals surface area contributed by atoms with Crippen LogP contribution in [0.15, 0.2) is 12.1 Å². The summed E-state index contributed by atoms with van der Waals surface area (Å²) in [4.78, 5) is 10.3. The molecule has 0 radical (unpaired) electrons. The zero-order chi connectivity index (χ0) is 11.8. The summed E-state index contributed by atoms with van der Waals surface area (Å²) >= 11 is 0. The van der Waals surface area contributed by atoms with Gasteiger partial charge in [0.05, 0.1) is 4.92 Å². The van der Waals surface area contributed by atoms with E-state index in [1.165, 1.54) is 5.56 Å². The average Bonchev–Trinajstić information content (AvgIpc) is 1.99. The highest BCUT2D eigenvalue weighted by atomic mass is 16.6. The van der Waals surface area contributed by atoms with Gasteiger partial charge in [-0.2, -0.15) is 0 Å². The first kappa shape index (κ1) is 11.7. The van der Waals surface area contributed by atoms with E-state index in [1.807, 2.05) is 13.8 Å². The van der Waals surface area contributed by atoms with Gasteiger partial charge in [-0.25, -0.2) is 0 Å². The zero-order valence-electron chi connectivity index (χ0n) is 9.92. The molecule has 0 atom stereocenters. The molecule has 0 heterocycles. The van der Waals surface area contributed by atoms with Gasteiger partial charge in [-0.3, -0.25) is 10.1 Å². The molecule has 0 N–H and O–H groups in total. The fraction of sp³-hybridized carbons (Fsp3) is 0.500. The van der Waals surface area contributed by atoms with Crippen molar-refractivity contribution in [3.05, 3.63) is 38.9 Å². The molecule has 1 rings (SSSR count). The first-order valence-electron chi connectivity index (χ1n) is 4.99. The number of nitro benzene ring substituents is 1. The molecule has 1 aromatic carbocycles. The number of hydrogen-bond donors (Lipinski definition) is 0. The van der Waals surface area contributed by atoms with Gasteiger partial charge in [0.1, 0.15) is 0 Å². The number of non-ortho nitro benzene ring substituents is 1. The minimum Gasteiger partial charge on any atom is -0.258 e. The topological polar surface area (TPSA) is 43.1 Å². The predicted molar refractivity (Wildman–Crippen MR) is 61.3 cm³/mol. The van der Waals surface area contributed by atoms with Crippen molar-refractivity contribution in [2.75, 3.05) is 0 Å². The van der Waals surface area contributed by atoms with Gasteiger partial charge in [-0.05, 0) is 36.0 Å². The van der Waals surface area contributed by atoms with E-state index in [-0.39, 0.29) is 16.0 Å². The maximum Gasteiger partial charge on any atom is 0.269 e. The molecule has 0 aromatic heterocycles. The van der Waals surface area contributed by atoms with E-state index in [0.717, 1.165) is 11.1 Å².